The van der Waals surface area contributed by atoms with Crippen LogP contribution in [0.2, 0.25) is 0 Å². The Morgan fingerprint density at radius 2 is 1.56 bits per heavy atom. The molecule has 1 amide bonds. The van der Waals surface area contributed by atoms with Crippen LogP contribution in [-0.4, -0.2) is 40.6 Å². The van der Waals surface area contributed by atoms with Crippen LogP contribution in [0, 0.1) is 0 Å². The fourth-order valence-corrected chi connectivity index (χ4v) is 6.40. The topological polar surface area (TPSA) is 102 Å². The van der Waals surface area contributed by atoms with Gasteiger partial charge >= 0.3 is 0 Å². The van der Waals surface area contributed by atoms with E-state index in [0.717, 1.165) is 70.5 Å². The molecule has 3 aromatic carbocycles. The molecule has 0 aliphatic carbocycles. The number of hydrogen-bond acceptors (Lipinski definition) is 5. The first-order valence-electron chi connectivity index (χ1n) is 13.4. The summed E-state index contributed by atoms with van der Waals surface area (Å²) in [6, 6.07) is 27.2. The maximum absolute atomic E-state index is 13.4. The van der Waals surface area contributed by atoms with Gasteiger partial charge in [-0.3, -0.25) is 9.78 Å². The number of nitrogens with one attached hydrogen (secondary N) is 1. The maximum Gasteiger partial charge on any atom is 0.267 e. The summed E-state index contributed by atoms with van der Waals surface area (Å²) in [7, 11) is 0. The Labute approximate surface area is 227 Å². The highest BCUT2D eigenvalue weighted by Crippen LogP contribution is 2.46. The molecule has 2 aromatic heterocycles. The van der Waals surface area contributed by atoms with Gasteiger partial charge in [-0.2, -0.15) is 0 Å². The normalized spacial score (nSPS) is 18.5. The van der Waals surface area contributed by atoms with Crippen molar-refractivity contribution in [3.05, 3.63) is 97.0 Å². The molecule has 2 fully saturated rings. The number of para-hydroxylation sites is 1. The minimum absolute atomic E-state index is 0.384. The molecule has 7 heteroatoms. The zero-order valence-electron chi connectivity index (χ0n) is 21.5. The molecule has 4 heterocycles. The van der Waals surface area contributed by atoms with Crippen LogP contribution in [0.1, 0.15) is 23.3 Å². The summed E-state index contributed by atoms with van der Waals surface area (Å²) in [6.45, 7) is 1.63. The summed E-state index contributed by atoms with van der Waals surface area (Å²) in [5.74, 6) is -0.456. The monoisotopic (exact) mass is 514 g/mol. The molecular weight excluding hydrogens is 484 g/mol. The summed E-state index contributed by atoms with van der Waals surface area (Å²) in [6.07, 6.45) is 5.78. The lowest BCUT2D eigenvalue weighted by molar-refractivity contribution is 0.0994. The highest BCUT2D eigenvalue weighted by Gasteiger charge is 2.37. The van der Waals surface area contributed by atoms with Crippen molar-refractivity contribution < 1.29 is 4.79 Å². The average Bonchev–Trinajstić information content (AvgIpc) is 3.50. The van der Waals surface area contributed by atoms with E-state index in [9.17, 15) is 4.79 Å². The van der Waals surface area contributed by atoms with Crippen molar-refractivity contribution in [2.75, 3.05) is 23.7 Å². The molecule has 0 unspecified atom stereocenters. The van der Waals surface area contributed by atoms with E-state index >= 15 is 0 Å². The van der Waals surface area contributed by atoms with Crippen molar-refractivity contribution in [2.24, 2.45) is 5.73 Å². The van der Waals surface area contributed by atoms with Crippen molar-refractivity contribution in [2.45, 2.75) is 24.9 Å². The number of aromatic nitrogens is 2. The van der Waals surface area contributed by atoms with Crippen LogP contribution in [0.15, 0.2) is 91.3 Å². The second-order valence-electron chi connectivity index (χ2n) is 10.5. The number of benzene rings is 3. The molecule has 2 atom stereocenters. The number of carbonyl (C=O) groups is 1. The number of anilines is 2. The van der Waals surface area contributed by atoms with Crippen molar-refractivity contribution in [3.63, 3.8) is 0 Å². The van der Waals surface area contributed by atoms with Crippen molar-refractivity contribution in [1.29, 1.82) is 0 Å². The highest BCUT2D eigenvalue weighted by molar-refractivity contribution is 6.16. The smallest absolute Gasteiger partial charge is 0.267 e. The Hall–Kier alpha value is -4.62. The number of rotatable bonds is 5. The molecule has 2 bridgehead atoms. The van der Waals surface area contributed by atoms with Crippen LogP contribution in [0.4, 0.5) is 11.4 Å². The van der Waals surface area contributed by atoms with Crippen LogP contribution in [-0.2, 0) is 0 Å². The van der Waals surface area contributed by atoms with Gasteiger partial charge in [-0.15, -0.1) is 0 Å². The van der Waals surface area contributed by atoms with Gasteiger partial charge in [0.25, 0.3) is 5.91 Å². The first kappa shape index (κ1) is 23.5. The molecule has 7 rings (SSSR count). The molecule has 2 aliphatic heterocycles. The first-order chi connectivity index (χ1) is 19.1. The SMILES string of the molecule is NC(=O)c1c(N2C[C@H]3CC[C@@H](C2)N3)c2c(-c3cnccc3N)cc(-c3ccccc3)cc2n1-c1ccccc1. The molecular formula is C32H30N6O. The Bertz CT molecular complexity index is 1680. The number of nitrogens with zero attached hydrogens (tertiary/aromatic N) is 3. The lowest BCUT2D eigenvalue weighted by Crippen LogP contribution is -2.51. The molecule has 2 saturated heterocycles. The number of nitrogens with two attached hydrogens (primary N) is 2. The summed E-state index contributed by atoms with van der Waals surface area (Å²) in [5.41, 5.74) is 20.5. The van der Waals surface area contributed by atoms with Crippen molar-refractivity contribution >= 4 is 28.2 Å². The molecule has 2 aliphatic rings. The number of amides is 1. The molecule has 5 aromatic rings. The van der Waals surface area contributed by atoms with E-state index in [-0.39, 0.29) is 0 Å². The van der Waals surface area contributed by atoms with Gasteiger partial charge in [0.05, 0.1) is 11.2 Å². The standard InChI is InChI=1S/C32H30N6O/c33-27-13-14-35-17-26(27)25-15-21(20-7-3-1-4-8-20)16-28-29(25)30(37-18-22-11-12-23(19-37)36-22)31(32(34)39)38(28)24-9-5-2-6-10-24/h1-10,13-17,22-23,36H,11-12,18-19H2,(H2,33,35)(H2,34,39)/t22-,23+. The third-order valence-corrected chi connectivity index (χ3v) is 8.08. The van der Waals surface area contributed by atoms with E-state index in [4.69, 9.17) is 11.5 Å². The van der Waals surface area contributed by atoms with Gasteiger partial charge in [-0.25, -0.2) is 0 Å². The summed E-state index contributed by atoms with van der Waals surface area (Å²) >= 11 is 0. The number of fused-ring (bicyclic) bond motifs is 3. The number of primary amides is 1. The maximum atomic E-state index is 13.4. The van der Waals surface area contributed by atoms with Gasteiger partial charge < -0.3 is 26.3 Å². The number of nitrogen functional groups attached to an aromatic ring is 1. The largest absolute Gasteiger partial charge is 0.398 e. The first-order valence-corrected chi connectivity index (χ1v) is 13.4. The van der Waals surface area contributed by atoms with E-state index in [1.54, 1.807) is 6.20 Å². The fourth-order valence-electron chi connectivity index (χ4n) is 6.40. The van der Waals surface area contributed by atoms with Gasteiger partial charge in [-0.1, -0.05) is 48.5 Å². The second-order valence-corrected chi connectivity index (χ2v) is 10.5. The fraction of sp³-hybridized carbons (Fsp3) is 0.188. The Balaban J connectivity index is 1.63. The lowest BCUT2D eigenvalue weighted by atomic mass is 9.94. The quantitative estimate of drug-likeness (QED) is 0.307. The van der Waals surface area contributed by atoms with Crippen LogP contribution < -0.4 is 21.7 Å². The third kappa shape index (κ3) is 3.94. The number of carbonyl (C=O) groups excluding carboxylic acids is 1. The van der Waals surface area contributed by atoms with Gasteiger partial charge in [-0.05, 0) is 59.9 Å². The molecule has 0 saturated carbocycles. The Kier molecular flexibility index (Phi) is 5.60. The summed E-state index contributed by atoms with van der Waals surface area (Å²) < 4.78 is 2.03. The highest BCUT2D eigenvalue weighted by atomic mass is 16.1. The van der Waals surface area contributed by atoms with Gasteiger partial charge in [0, 0.05) is 59.9 Å². The van der Waals surface area contributed by atoms with E-state index in [2.05, 4.69) is 39.5 Å². The van der Waals surface area contributed by atoms with E-state index in [1.807, 2.05) is 65.4 Å². The molecule has 0 radical (unpaired) electrons. The minimum Gasteiger partial charge on any atom is -0.398 e. The average molecular weight is 515 g/mol. The summed E-state index contributed by atoms with van der Waals surface area (Å²) in [5, 5.41) is 4.68. The second kappa shape index (κ2) is 9.29. The minimum atomic E-state index is -0.456. The van der Waals surface area contributed by atoms with Gasteiger partial charge in [0.2, 0.25) is 0 Å². The van der Waals surface area contributed by atoms with Gasteiger partial charge in [0.15, 0.2) is 0 Å². The van der Waals surface area contributed by atoms with Crippen LogP contribution in [0.3, 0.4) is 0 Å². The predicted octanol–water partition coefficient (Wildman–Crippen LogP) is 4.98. The zero-order chi connectivity index (χ0) is 26.5. The van der Waals surface area contributed by atoms with Gasteiger partial charge in [0.1, 0.15) is 5.69 Å². The number of pyridine rings is 1. The van der Waals surface area contributed by atoms with E-state index in [1.165, 1.54) is 0 Å². The molecule has 7 nitrogen and oxygen atoms in total. The molecule has 5 N–H and O–H groups in total. The van der Waals surface area contributed by atoms with Crippen LogP contribution in [0.25, 0.3) is 38.8 Å². The predicted molar refractivity (Wildman–Crippen MR) is 157 cm³/mol. The summed E-state index contributed by atoms with van der Waals surface area (Å²) in [4.78, 5) is 20.2. The molecule has 194 valence electrons. The van der Waals surface area contributed by atoms with Crippen molar-refractivity contribution in [3.8, 4) is 27.9 Å². The number of piperazine rings is 1. The Morgan fingerprint density at radius 1 is 0.872 bits per heavy atom. The third-order valence-electron chi connectivity index (χ3n) is 8.08. The molecule has 39 heavy (non-hydrogen) atoms. The zero-order valence-corrected chi connectivity index (χ0v) is 21.5. The number of hydrogen-bond donors (Lipinski definition) is 3. The van der Waals surface area contributed by atoms with E-state index < -0.39 is 5.91 Å². The lowest BCUT2D eigenvalue weighted by Gasteiger charge is -2.35. The van der Waals surface area contributed by atoms with Crippen LogP contribution >= 0.6 is 0 Å². The van der Waals surface area contributed by atoms with Crippen molar-refractivity contribution in [1.82, 2.24) is 14.9 Å². The Morgan fingerprint density at radius 3 is 2.23 bits per heavy atom. The van der Waals surface area contributed by atoms with E-state index in [0.29, 0.717) is 23.5 Å². The van der Waals surface area contributed by atoms with Crippen LogP contribution in [0.5, 0.6) is 0 Å². The molecule has 0 spiro atoms.